The maximum Gasteiger partial charge on any atom is 0.438 e. The molecule has 4 aromatic rings. The average molecular weight is 507 g/mol. The maximum atomic E-state index is 14.0. The van der Waals surface area contributed by atoms with Gasteiger partial charge in [0, 0.05) is 30.3 Å². The Morgan fingerprint density at radius 3 is 2.73 bits per heavy atom. The van der Waals surface area contributed by atoms with Gasteiger partial charge in [-0.15, -0.1) is 3.89 Å². The topological polar surface area (TPSA) is 87.9 Å². The van der Waals surface area contributed by atoms with Crippen LogP contribution >= 0.6 is 11.9 Å². The van der Waals surface area contributed by atoms with E-state index in [0.29, 0.717) is 23.9 Å². The molecule has 2 atom stereocenters. The summed E-state index contributed by atoms with van der Waals surface area (Å²) < 4.78 is 5.91. The Balaban J connectivity index is 1.30. The fraction of sp³-hybridized carbons (Fsp3) is 0.172. The van der Waals surface area contributed by atoms with E-state index in [1.165, 1.54) is 23.1 Å². The van der Waals surface area contributed by atoms with Crippen LogP contribution in [0.1, 0.15) is 28.3 Å². The Bertz CT molecular complexity index is 1530. The number of aryl methyl sites for hydroxylation is 1. The highest BCUT2D eigenvalue weighted by molar-refractivity contribution is 7.99. The van der Waals surface area contributed by atoms with Gasteiger partial charge in [0.2, 0.25) is 5.88 Å². The van der Waals surface area contributed by atoms with Crippen LogP contribution in [0.5, 0.6) is 11.6 Å². The number of amides is 2. The summed E-state index contributed by atoms with van der Waals surface area (Å²) in [5.74, 6) is 0.953. The van der Waals surface area contributed by atoms with Crippen molar-refractivity contribution in [3.05, 3.63) is 102 Å². The van der Waals surface area contributed by atoms with Crippen molar-refractivity contribution in [3.63, 3.8) is 0 Å². The lowest BCUT2D eigenvalue weighted by Crippen LogP contribution is -2.49. The summed E-state index contributed by atoms with van der Waals surface area (Å²) in [6.07, 6.45) is 4.89. The number of benzene rings is 2. The molecule has 0 fully saturated rings. The molecule has 2 amide bonds. The number of hydrogen-bond donors (Lipinski definition) is 1. The number of carbonyl (C=O) groups is 1. The van der Waals surface area contributed by atoms with Crippen LogP contribution in [0, 0.1) is 18.3 Å². The fourth-order valence-corrected chi connectivity index (χ4v) is 6.10. The zero-order valence-corrected chi connectivity index (χ0v) is 21.0. The van der Waals surface area contributed by atoms with Crippen LogP contribution in [0.4, 0.5) is 16.2 Å². The summed E-state index contributed by atoms with van der Waals surface area (Å²) >= 11 is 1.51. The second-order valence-corrected chi connectivity index (χ2v) is 10.5. The lowest BCUT2D eigenvalue weighted by Gasteiger charge is -2.31. The van der Waals surface area contributed by atoms with E-state index in [1.54, 1.807) is 24.5 Å². The van der Waals surface area contributed by atoms with Crippen LogP contribution in [0.15, 0.2) is 84.0 Å². The Kier molecular flexibility index (Phi) is 5.87. The lowest BCUT2D eigenvalue weighted by molar-refractivity contribution is 0.240. The zero-order valence-electron chi connectivity index (χ0n) is 20.2. The molecule has 1 aliphatic carbocycles. The number of ether oxygens (including phenoxy) is 1. The molecule has 1 aliphatic heterocycles. The van der Waals surface area contributed by atoms with Gasteiger partial charge < -0.3 is 4.74 Å². The fourth-order valence-electron chi connectivity index (χ4n) is 4.88. The number of nitrogens with one attached hydrogen (secondary N) is 1. The van der Waals surface area contributed by atoms with Crippen molar-refractivity contribution < 1.29 is 9.53 Å². The molecule has 0 spiro atoms. The van der Waals surface area contributed by atoms with Gasteiger partial charge in [-0.05, 0) is 60.9 Å². The second-order valence-electron chi connectivity index (χ2n) is 9.19. The molecule has 0 saturated heterocycles. The minimum atomic E-state index is -0.154. The van der Waals surface area contributed by atoms with Crippen molar-refractivity contribution in [3.8, 4) is 17.7 Å². The number of nitriles is 1. The third kappa shape index (κ3) is 4.22. The van der Waals surface area contributed by atoms with E-state index in [0.717, 1.165) is 34.7 Å². The summed E-state index contributed by atoms with van der Waals surface area (Å²) in [6.45, 7) is 2.49. The molecule has 2 aliphatic rings. The van der Waals surface area contributed by atoms with Gasteiger partial charge in [0.25, 0.3) is 0 Å². The monoisotopic (exact) mass is 506 g/mol. The number of nitrogens with zero attached hydrogens (tertiary/aromatic N) is 4. The smallest absolute Gasteiger partial charge is 0.437 e. The van der Waals surface area contributed by atoms with Crippen molar-refractivity contribution in [2.75, 3.05) is 11.9 Å². The van der Waals surface area contributed by atoms with Crippen LogP contribution in [0.25, 0.3) is 0 Å². The minimum absolute atomic E-state index is 0.0674. The average Bonchev–Trinajstić information content (AvgIpc) is 3.26. The summed E-state index contributed by atoms with van der Waals surface area (Å²) in [4.78, 5) is 23.6. The van der Waals surface area contributed by atoms with Crippen molar-refractivity contribution >= 4 is 29.4 Å². The molecule has 2 aromatic heterocycles. The van der Waals surface area contributed by atoms with E-state index in [-0.39, 0.29) is 15.8 Å². The first-order chi connectivity index (χ1) is 18.1. The van der Waals surface area contributed by atoms with Crippen molar-refractivity contribution in [1.82, 2.24) is 13.9 Å². The van der Waals surface area contributed by atoms with Gasteiger partial charge in [-0.1, -0.05) is 18.2 Å². The first-order valence-corrected chi connectivity index (χ1v) is 12.9. The summed E-state index contributed by atoms with van der Waals surface area (Å²) in [5.41, 5.74) is 5.74. The Labute approximate surface area is 219 Å². The zero-order chi connectivity index (χ0) is 25.4. The Morgan fingerprint density at radius 2 is 1.97 bits per heavy atom. The third-order valence-electron chi connectivity index (χ3n) is 6.87. The molecule has 0 bridgehead atoms. The molecule has 182 valence electrons. The van der Waals surface area contributed by atoms with Gasteiger partial charge >= 0.3 is 6.03 Å². The van der Waals surface area contributed by atoms with Crippen LogP contribution in [0.3, 0.4) is 0 Å². The largest absolute Gasteiger partial charge is 0.438 e. The molecule has 2 aromatic carbocycles. The standard InChI is InChI=1S/C29H23N5O2S/c1-19-27(8-5-12-31-19)36-28-10-9-23(18-32-28)33-29(35)34(37-24-6-3-2-4-7-24)13-11-20-14-21-15-22(17-30)25(21)16-26(20)34/h2-10,12,14,16,18,22H,11,13,15H2,1H3/p+1. The molecule has 1 N–H and O–H groups in total. The molecular formula is C29H24N5O2S+. The van der Waals surface area contributed by atoms with Crippen molar-refractivity contribution in [1.29, 1.82) is 5.26 Å². The number of pyridine rings is 2. The highest BCUT2D eigenvalue weighted by Gasteiger charge is 2.49. The van der Waals surface area contributed by atoms with Gasteiger partial charge in [0.1, 0.15) is 18.5 Å². The Morgan fingerprint density at radius 1 is 1.11 bits per heavy atom. The Hall–Kier alpha value is -4.19. The number of hydrogen-bond acceptors (Lipinski definition) is 6. The molecule has 8 heteroatoms. The maximum absolute atomic E-state index is 14.0. The molecule has 0 saturated carbocycles. The van der Waals surface area contributed by atoms with Gasteiger partial charge in [0.05, 0.1) is 34.5 Å². The molecule has 3 heterocycles. The van der Waals surface area contributed by atoms with Crippen molar-refractivity contribution in [2.45, 2.75) is 30.6 Å². The molecule has 37 heavy (non-hydrogen) atoms. The minimum Gasteiger partial charge on any atom is -0.437 e. The van der Waals surface area contributed by atoms with Gasteiger partial charge in [-0.25, -0.2) is 9.78 Å². The summed E-state index contributed by atoms with van der Waals surface area (Å²) in [7, 11) is 0. The van der Waals surface area contributed by atoms with Gasteiger partial charge in [-0.3, -0.25) is 10.3 Å². The molecule has 2 unspecified atom stereocenters. The number of anilines is 1. The highest BCUT2D eigenvalue weighted by atomic mass is 32.2. The lowest BCUT2D eigenvalue weighted by atomic mass is 9.77. The first kappa shape index (κ1) is 23.2. The van der Waals surface area contributed by atoms with Crippen LogP contribution in [-0.2, 0) is 12.8 Å². The highest BCUT2D eigenvalue weighted by Crippen LogP contribution is 2.49. The number of carbonyl (C=O) groups excluding carboxylic acids is 1. The van der Waals surface area contributed by atoms with E-state index >= 15 is 0 Å². The normalized spacial score (nSPS) is 19.2. The number of aromatic nitrogens is 2. The molecule has 0 radical (unpaired) electrons. The van der Waals surface area contributed by atoms with E-state index in [1.807, 2.05) is 49.4 Å². The van der Waals surface area contributed by atoms with E-state index in [4.69, 9.17) is 4.74 Å². The van der Waals surface area contributed by atoms with E-state index < -0.39 is 0 Å². The second kappa shape index (κ2) is 9.36. The number of fused-ring (bicyclic) bond motifs is 2. The van der Waals surface area contributed by atoms with Crippen LogP contribution < -0.4 is 13.9 Å². The van der Waals surface area contributed by atoms with Crippen LogP contribution in [0.2, 0.25) is 0 Å². The van der Waals surface area contributed by atoms with Crippen LogP contribution in [-0.4, -0.2) is 22.5 Å². The van der Waals surface area contributed by atoms with Gasteiger partial charge in [-0.2, -0.15) is 5.26 Å². The molecular weight excluding hydrogens is 482 g/mol. The summed E-state index contributed by atoms with van der Waals surface area (Å²) in [6, 6.07) is 23.6. The first-order valence-electron chi connectivity index (χ1n) is 12.1. The van der Waals surface area contributed by atoms with Crippen molar-refractivity contribution in [2.24, 2.45) is 0 Å². The molecule has 7 nitrogen and oxygen atoms in total. The number of quaternary nitrogens is 1. The third-order valence-corrected chi connectivity index (χ3v) is 8.21. The van der Waals surface area contributed by atoms with Gasteiger partial charge in [0.15, 0.2) is 11.4 Å². The quantitative estimate of drug-likeness (QED) is 0.244. The SMILES string of the molecule is Cc1ncccc1Oc1ccc(NC(=O)[N+]2(Sc3ccccc3)CCc3cc4c(cc32)C(C#N)C4)cn1. The predicted octanol–water partition coefficient (Wildman–Crippen LogP) is 6.54. The summed E-state index contributed by atoms with van der Waals surface area (Å²) in [5, 5.41) is 12.6. The predicted molar refractivity (Wildman–Crippen MR) is 143 cm³/mol. The van der Waals surface area contributed by atoms with E-state index in [9.17, 15) is 10.1 Å². The van der Waals surface area contributed by atoms with E-state index in [2.05, 4.69) is 33.5 Å². The molecule has 6 rings (SSSR count). The number of urea groups is 1. The number of rotatable bonds is 5.